The number of carbonyl (C=O) groups excluding carboxylic acids is 1. The van der Waals surface area contributed by atoms with Gasteiger partial charge in [0, 0.05) is 0 Å². The second-order valence-corrected chi connectivity index (χ2v) is 5.82. The Morgan fingerprint density at radius 1 is 1.33 bits per heavy atom. The lowest BCUT2D eigenvalue weighted by Crippen LogP contribution is -2.41. The van der Waals surface area contributed by atoms with Crippen molar-refractivity contribution in [2.45, 2.75) is 51.4 Å². The molecule has 4 heteroatoms. The first-order chi connectivity index (χ1) is 6.96. The van der Waals surface area contributed by atoms with E-state index < -0.39 is 5.60 Å². The van der Waals surface area contributed by atoms with Crippen LogP contribution in [-0.2, 0) is 9.57 Å². The van der Waals surface area contributed by atoms with Crippen molar-refractivity contribution in [1.82, 2.24) is 5.06 Å². The standard InChI is InChI=1S/C11H17NO3/c1-11(2,3)14-10(13)12-8-5-9(15-12)7-4-6(7)8/h6-9H,4-5H2,1-3H3/t6-,7+,8-,9+/m1/s1. The van der Waals surface area contributed by atoms with Gasteiger partial charge in [-0.05, 0) is 45.4 Å². The molecular formula is C11H17NO3. The van der Waals surface area contributed by atoms with Crippen LogP contribution in [0.2, 0.25) is 0 Å². The van der Waals surface area contributed by atoms with E-state index in [1.807, 2.05) is 20.8 Å². The molecule has 0 aromatic heterocycles. The van der Waals surface area contributed by atoms with Gasteiger partial charge in [-0.15, -0.1) is 0 Å². The summed E-state index contributed by atoms with van der Waals surface area (Å²) in [6.45, 7) is 5.62. The van der Waals surface area contributed by atoms with Crippen LogP contribution in [0.25, 0.3) is 0 Å². The van der Waals surface area contributed by atoms with Gasteiger partial charge in [0.15, 0.2) is 0 Å². The van der Waals surface area contributed by atoms with Gasteiger partial charge >= 0.3 is 6.09 Å². The molecule has 1 heterocycles. The van der Waals surface area contributed by atoms with Crippen molar-refractivity contribution >= 4 is 6.09 Å². The van der Waals surface area contributed by atoms with Gasteiger partial charge in [0.25, 0.3) is 0 Å². The van der Waals surface area contributed by atoms with E-state index in [0.29, 0.717) is 5.92 Å². The van der Waals surface area contributed by atoms with Crippen molar-refractivity contribution in [2.75, 3.05) is 0 Å². The van der Waals surface area contributed by atoms with Crippen LogP contribution in [0.3, 0.4) is 0 Å². The van der Waals surface area contributed by atoms with Crippen molar-refractivity contribution in [3.05, 3.63) is 0 Å². The van der Waals surface area contributed by atoms with Crippen LogP contribution in [0.15, 0.2) is 0 Å². The number of carbonyl (C=O) groups is 1. The fourth-order valence-electron chi connectivity index (χ4n) is 2.79. The number of hydrogen-bond donors (Lipinski definition) is 0. The molecule has 2 bridgehead atoms. The summed E-state index contributed by atoms with van der Waals surface area (Å²) < 4.78 is 5.30. The minimum atomic E-state index is -0.439. The molecule has 2 aliphatic carbocycles. The van der Waals surface area contributed by atoms with E-state index in [-0.39, 0.29) is 18.2 Å². The van der Waals surface area contributed by atoms with Gasteiger partial charge in [0.1, 0.15) is 5.60 Å². The summed E-state index contributed by atoms with van der Waals surface area (Å²) in [5, 5.41) is 1.48. The zero-order valence-corrected chi connectivity index (χ0v) is 9.40. The Bertz CT molecular complexity index is 309. The highest BCUT2D eigenvalue weighted by Crippen LogP contribution is 2.59. The number of ether oxygens (including phenoxy) is 1. The quantitative estimate of drug-likeness (QED) is 0.614. The van der Waals surface area contributed by atoms with Crippen molar-refractivity contribution in [3.8, 4) is 0 Å². The molecule has 15 heavy (non-hydrogen) atoms. The maximum atomic E-state index is 11.8. The molecule has 0 unspecified atom stereocenters. The number of hydrogen-bond acceptors (Lipinski definition) is 3. The molecule has 0 aromatic carbocycles. The number of hydroxylamine groups is 2. The third-order valence-electron chi connectivity index (χ3n) is 3.46. The molecule has 2 saturated carbocycles. The molecule has 0 aromatic rings. The molecule has 3 aliphatic rings. The Kier molecular flexibility index (Phi) is 1.68. The van der Waals surface area contributed by atoms with Crippen LogP contribution in [0.5, 0.6) is 0 Å². The highest BCUT2D eigenvalue weighted by atomic mass is 16.7. The SMILES string of the molecule is CC(C)(C)OC(=O)N1O[C@H]2C[C@@H]1[C@@H]1C[C@@H]12. The zero-order chi connectivity index (χ0) is 10.8. The maximum Gasteiger partial charge on any atom is 0.434 e. The Morgan fingerprint density at radius 3 is 2.60 bits per heavy atom. The minimum Gasteiger partial charge on any atom is -0.442 e. The van der Waals surface area contributed by atoms with E-state index in [0.717, 1.165) is 12.3 Å². The first-order valence-electron chi connectivity index (χ1n) is 5.65. The first-order valence-corrected chi connectivity index (χ1v) is 5.65. The van der Waals surface area contributed by atoms with Crippen LogP contribution in [-0.4, -0.2) is 28.9 Å². The average Bonchev–Trinajstić information content (AvgIpc) is 2.69. The smallest absolute Gasteiger partial charge is 0.434 e. The molecule has 4 atom stereocenters. The van der Waals surface area contributed by atoms with Crippen molar-refractivity contribution in [2.24, 2.45) is 11.8 Å². The number of rotatable bonds is 0. The van der Waals surface area contributed by atoms with E-state index in [2.05, 4.69) is 0 Å². The molecular weight excluding hydrogens is 194 g/mol. The van der Waals surface area contributed by atoms with E-state index >= 15 is 0 Å². The summed E-state index contributed by atoms with van der Waals surface area (Å²) in [4.78, 5) is 17.4. The summed E-state index contributed by atoms with van der Waals surface area (Å²) in [6.07, 6.45) is 2.20. The maximum absolute atomic E-state index is 11.8. The Balaban J connectivity index is 1.67. The van der Waals surface area contributed by atoms with Crippen molar-refractivity contribution in [1.29, 1.82) is 0 Å². The van der Waals surface area contributed by atoms with Crippen LogP contribution >= 0.6 is 0 Å². The third kappa shape index (κ3) is 1.42. The normalized spacial score (nSPS) is 41.7. The summed E-state index contributed by atoms with van der Waals surface area (Å²) in [5.41, 5.74) is -0.439. The highest BCUT2D eigenvalue weighted by molar-refractivity contribution is 5.68. The zero-order valence-electron chi connectivity index (χ0n) is 9.40. The summed E-state index contributed by atoms with van der Waals surface area (Å²) in [6, 6.07) is 0.287. The monoisotopic (exact) mass is 211 g/mol. The molecule has 1 amide bonds. The molecule has 0 radical (unpaired) electrons. The Hall–Kier alpha value is -0.770. The van der Waals surface area contributed by atoms with E-state index in [9.17, 15) is 4.79 Å². The fraction of sp³-hybridized carbons (Fsp3) is 0.909. The Morgan fingerprint density at radius 2 is 2.07 bits per heavy atom. The second-order valence-electron chi connectivity index (χ2n) is 5.82. The summed E-state index contributed by atoms with van der Waals surface area (Å²) >= 11 is 0. The number of fused-ring (bicyclic) bond motifs is 5. The topological polar surface area (TPSA) is 38.8 Å². The largest absolute Gasteiger partial charge is 0.442 e. The van der Waals surface area contributed by atoms with E-state index in [1.54, 1.807) is 0 Å². The molecule has 1 aliphatic heterocycles. The fourth-order valence-corrected chi connectivity index (χ4v) is 2.79. The second kappa shape index (κ2) is 2.67. The average molecular weight is 211 g/mol. The van der Waals surface area contributed by atoms with Crippen LogP contribution < -0.4 is 0 Å². The molecule has 4 nitrogen and oxygen atoms in total. The number of nitrogens with zero attached hydrogens (tertiary/aromatic N) is 1. The lowest BCUT2D eigenvalue weighted by atomic mass is 10.2. The van der Waals surface area contributed by atoms with E-state index in [4.69, 9.17) is 9.57 Å². The van der Waals surface area contributed by atoms with Gasteiger partial charge in [-0.2, -0.15) is 5.06 Å². The summed E-state index contributed by atoms with van der Waals surface area (Å²) in [5.74, 6) is 1.42. The van der Waals surface area contributed by atoms with Crippen LogP contribution in [0, 0.1) is 11.8 Å². The third-order valence-corrected chi connectivity index (χ3v) is 3.46. The van der Waals surface area contributed by atoms with Gasteiger partial charge in [-0.25, -0.2) is 4.79 Å². The molecule has 84 valence electrons. The highest BCUT2D eigenvalue weighted by Gasteiger charge is 2.64. The van der Waals surface area contributed by atoms with Crippen LogP contribution in [0.4, 0.5) is 4.79 Å². The molecule has 3 fully saturated rings. The van der Waals surface area contributed by atoms with Gasteiger partial charge in [-0.1, -0.05) is 0 Å². The van der Waals surface area contributed by atoms with Gasteiger partial charge in [-0.3, -0.25) is 4.84 Å². The van der Waals surface area contributed by atoms with Crippen molar-refractivity contribution in [3.63, 3.8) is 0 Å². The van der Waals surface area contributed by atoms with E-state index in [1.165, 1.54) is 11.5 Å². The molecule has 0 N–H and O–H groups in total. The van der Waals surface area contributed by atoms with Crippen LogP contribution in [0.1, 0.15) is 33.6 Å². The summed E-state index contributed by atoms with van der Waals surface area (Å²) in [7, 11) is 0. The molecule has 0 spiro atoms. The lowest BCUT2D eigenvalue weighted by Gasteiger charge is -2.28. The van der Waals surface area contributed by atoms with Gasteiger partial charge in [0.2, 0.25) is 0 Å². The molecule has 1 saturated heterocycles. The predicted octanol–water partition coefficient (Wildman–Crippen LogP) is 1.95. The van der Waals surface area contributed by atoms with Gasteiger partial charge in [0.05, 0.1) is 12.1 Å². The first kappa shape index (κ1) is 9.46. The lowest BCUT2D eigenvalue weighted by molar-refractivity contribution is -0.172. The predicted molar refractivity (Wildman–Crippen MR) is 52.9 cm³/mol. The van der Waals surface area contributed by atoms with Gasteiger partial charge < -0.3 is 4.74 Å². The number of amides is 1. The Labute approximate surface area is 89.5 Å². The molecule has 3 rings (SSSR count). The minimum absolute atomic E-state index is 0.285. The van der Waals surface area contributed by atoms with Crippen molar-refractivity contribution < 1.29 is 14.4 Å².